The minimum atomic E-state index is 0.264. The van der Waals surface area contributed by atoms with Crippen molar-refractivity contribution in [2.45, 2.75) is 66.5 Å². The monoisotopic (exact) mass is 329 g/mol. The number of aromatic nitrogens is 2. The Balaban J connectivity index is 2.03. The van der Waals surface area contributed by atoms with E-state index in [9.17, 15) is 0 Å². The zero-order valence-electron chi connectivity index (χ0n) is 15.8. The summed E-state index contributed by atoms with van der Waals surface area (Å²) in [7, 11) is 0. The molecule has 0 radical (unpaired) electrons. The van der Waals surface area contributed by atoms with Crippen molar-refractivity contribution in [3.05, 3.63) is 47.2 Å². The van der Waals surface area contributed by atoms with Gasteiger partial charge in [0, 0.05) is 12.0 Å². The molecule has 1 aromatic carbocycles. The Hall–Kier alpha value is -1.68. The Labute approximate surface area is 146 Å². The fraction of sp³-hybridized carbons (Fsp3) is 0.600. The first kappa shape index (κ1) is 18.7. The van der Waals surface area contributed by atoms with Gasteiger partial charge in [0.25, 0.3) is 0 Å². The number of rotatable bonds is 8. The van der Waals surface area contributed by atoms with Crippen LogP contribution >= 0.6 is 0 Å². The molecule has 0 spiro atoms. The molecule has 0 bridgehead atoms. The van der Waals surface area contributed by atoms with Gasteiger partial charge in [-0.05, 0) is 29.4 Å². The summed E-state index contributed by atoms with van der Waals surface area (Å²) >= 11 is 0. The van der Waals surface area contributed by atoms with Crippen LogP contribution in [0.2, 0.25) is 0 Å². The second kappa shape index (κ2) is 8.43. The van der Waals surface area contributed by atoms with Crippen molar-refractivity contribution in [1.82, 2.24) is 15.5 Å². The van der Waals surface area contributed by atoms with Gasteiger partial charge < -0.3 is 9.73 Å². The molecule has 0 unspecified atom stereocenters. The van der Waals surface area contributed by atoms with Gasteiger partial charge in [-0.25, -0.2) is 0 Å². The van der Waals surface area contributed by atoms with Crippen LogP contribution in [-0.4, -0.2) is 10.2 Å². The summed E-state index contributed by atoms with van der Waals surface area (Å²) in [6, 6.07) is 9.24. The maximum atomic E-state index is 5.69. The average molecular weight is 329 g/mol. The summed E-state index contributed by atoms with van der Waals surface area (Å²) in [6.45, 7) is 13.7. The van der Waals surface area contributed by atoms with Gasteiger partial charge in [-0.1, -0.05) is 65.8 Å². The molecule has 0 aliphatic heterocycles. The van der Waals surface area contributed by atoms with E-state index in [4.69, 9.17) is 4.42 Å². The molecule has 1 N–H and O–H groups in total. The first-order valence-electron chi connectivity index (χ1n) is 9.01. The molecule has 2 aromatic rings. The molecule has 4 nitrogen and oxygen atoms in total. The average Bonchev–Trinajstić information content (AvgIpc) is 2.97. The smallest absolute Gasteiger partial charge is 0.230 e. The molecule has 2 rings (SSSR count). The number of benzene rings is 1. The molecule has 0 saturated heterocycles. The minimum absolute atomic E-state index is 0.264. The highest BCUT2D eigenvalue weighted by molar-refractivity contribution is 5.25. The van der Waals surface area contributed by atoms with Gasteiger partial charge in [0.15, 0.2) is 0 Å². The lowest BCUT2D eigenvalue weighted by Crippen LogP contribution is -2.25. The lowest BCUT2D eigenvalue weighted by atomic mass is 9.94. The van der Waals surface area contributed by atoms with Crippen molar-refractivity contribution in [2.24, 2.45) is 11.8 Å². The molecule has 132 valence electrons. The third-order valence-electron chi connectivity index (χ3n) is 4.10. The fourth-order valence-corrected chi connectivity index (χ4v) is 2.84. The molecule has 24 heavy (non-hydrogen) atoms. The fourth-order valence-electron chi connectivity index (χ4n) is 2.84. The SMILES string of the molecule is CC(C)Cc1ccc([C@@H](NCc2nnc(C(C)C)o2)C(C)C)cc1. The van der Waals surface area contributed by atoms with E-state index >= 15 is 0 Å². The Bertz CT molecular complexity index is 614. The predicted molar refractivity (Wildman–Crippen MR) is 97.8 cm³/mol. The van der Waals surface area contributed by atoms with E-state index in [1.165, 1.54) is 11.1 Å². The first-order valence-corrected chi connectivity index (χ1v) is 9.01. The Morgan fingerprint density at radius 1 is 0.958 bits per heavy atom. The molecule has 1 heterocycles. The summed E-state index contributed by atoms with van der Waals surface area (Å²) in [5.74, 6) is 2.78. The van der Waals surface area contributed by atoms with Crippen LogP contribution in [0, 0.1) is 11.8 Å². The second-order valence-corrected chi connectivity index (χ2v) is 7.63. The van der Waals surface area contributed by atoms with Crippen molar-refractivity contribution in [2.75, 3.05) is 0 Å². The van der Waals surface area contributed by atoms with Crippen molar-refractivity contribution in [3.8, 4) is 0 Å². The van der Waals surface area contributed by atoms with Gasteiger partial charge in [0.2, 0.25) is 11.8 Å². The first-order chi connectivity index (χ1) is 11.4. The summed E-state index contributed by atoms with van der Waals surface area (Å²) in [5, 5.41) is 11.8. The zero-order valence-corrected chi connectivity index (χ0v) is 15.8. The third kappa shape index (κ3) is 5.17. The van der Waals surface area contributed by atoms with Crippen molar-refractivity contribution in [1.29, 1.82) is 0 Å². The molecule has 1 aromatic heterocycles. The molecule has 0 aliphatic carbocycles. The summed E-state index contributed by atoms with van der Waals surface area (Å²) in [5.41, 5.74) is 2.70. The highest BCUT2D eigenvalue weighted by atomic mass is 16.4. The van der Waals surface area contributed by atoms with Gasteiger partial charge in [0.1, 0.15) is 0 Å². The molecule has 4 heteroatoms. The van der Waals surface area contributed by atoms with Crippen LogP contribution in [0.15, 0.2) is 28.7 Å². The molecular formula is C20H31N3O. The maximum absolute atomic E-state index is 5.69. The van der Waals surface area contributed by atoms with Crippen LogP contribution in [0.3, 0.4) is 0 Å². The van der Waals surface area contributed by atoms with E-state index in [-0.39, 0.29) is 12.0 Å². The number of hydrogen-bond acceptors (Lipinski definition) is 4. The van der Waals surface area contributed by atoms with E-state index in [0.717, 1.165) is 6.42 Å². The van der Waals surface area contributed by atoms with Gasteiger partial charge in [0.05, 0.1) is 6.54 Å². The van der Waals surface area contributed by atoms with E-state index in [0.29, 0.717) is 30.2 Å². The Morgan fingerprint density at radius 2 is 1.62 bits per heavy atom. The Kier molecular flexibility index (Phi) is 6.55. The van der Waals surface area contributed by atoms with E-state index in [1.54, 1.807) is 0 Å². The topological polar surface area (TPSA) is 51.0 Å². The number of hydrogen-bond donors (Lipinski definition) is 1. The predicted octanol–water partition coefficient (Wildman–Crippen LogP) is 4.88. The van der Waals surface area contributed by atoms with Gasteiger partial charge in [-0.15, -0.1) is 10.2 Å². The van der Waals surface area contributed by atoms with Gasteiger partial charge in [-0.3, -0.25) is 0 Å². The van der Waals surface area contributed by atoms with Gasteiger partial charge in [-0.2, -0.15) is 0 Å². The van der Waals surface area contributed by atoms with Crippen molar-refractivity contribution < 1.29 is 4.42 Å². The molecule has 0 fully saturated rings. The standard InChI is InChI=1S/C20H31N3O/c1-13(2)11-16-7-9-17(10-8-16)19(14(3)4)21-12-18-22-23-20(24-18)15(5)6/h7-10,13-15,19,21H,11-12H2,1-6H3/t19-/m0/s1. The minimum Gasteiger partial charge on any atom is -0.424 e. The highest BCUT2D eigenvalue weighted by Gasteiger charge is 2.17. The normalized spacial score (nSPS) is 13.2. The van der Waals surface area contributed by atoms with Crippen molar-refractivity contribution in [3.63, 3.8) is 0 Å². The Morgan fingerprint density at radius 3 is 2.12 bits per heavy atom. The maximum Gasteiger partial charge on any atom is 0.230 e. The molecule has 0 aliphatic rings. The zero-order chi connectivity index (χ0) is 17.7. The van der Waals surface area contributed by atoms with Crippen molar-refractivity contribution >= 4 is 0 Å². The lowest BCUT2D eigenvalue weighted by Gasteiger charge is -2.22. The summed E-state index contributed by atoms with van der Waals surface area (Å²) in [6.07, 6.45) is 1.13. The summed E-state index contributed by atoms with van der Waals surface area (Å²) in [4.78, 5) is 0. The van der Waals surface area contributed by atoms with E-state index < -0.39 is 0 Å². The lowest BCUT2D eigenvalue weighted by molar-refractivity contribution is 0.365. The van der Waals surface area contributed by atoms with Crippen LogP contribution in [0.5, 0.6) is 0 Å². The van der Waals surface area contributed by atoms with Crippen LogP contribution in [0.25, 0.3) is 0 Å². The van der Waals surface area contributed by atoms with Crippen LogP contribution < -0.4 is 5.32 Å². The molecule has 1 atom stereocenters. The van der Waals surface area contributed by atoms with E-state index in [2.05, 4.69) is 81.3 Å². The van der Waals surface area contributed by atoms with Gasteiger partial charge >= 0.3 is 0 Å². The van der Waals surface area contributed by atoms with Crippen LogP contribution in [0.1, 0.15) is 76.4 Å². The molecular weight excluding hydrogens is 298 g/mol. The second-order valence-electron chi connectivity index (χ2n) is 7.63. The highest BCUT2D eigenvalue weighted by Crippen LogP contribution is 2.23. The molecule has 0 saturated carbocycles. The summed E-state index contributed by atoms with van der Waals surface area (Å²) < 4.78 is 5.69. The quantitative estimate of drug-likeness (QED) is 0.750. The number of nitrogens with zero attached hydrogens (tertiary/aromatic N) is 2. The molecule has 0 amide bonds. The van der Waals surface area contributed by atoms with Crippen LogP contribution in [0.4, 0.5) is 0 Å². The van der Waals surface area contributed by atoms with Crippen LogP contribution in [-0.2, 0) is 13.0 Å². The largest absolute Gasteiger partial charge is 0.424 e. The number of nitrogens with one attached hydrogen (secondary N) is 1. The van der Waals surface area contributed by atoms with E-state index in [1.807, 2.05) is 0 Å². The third-order valence-corrected chi connectivity index (χ3v) is 4.10.